The summed E-state index contributed by atoms with van der Waals surface area (Å²) in [4.78, 5) is 9.85. The van der Waals surface area contributed by atoms with Crippen LogP contribution in [0.4, 0.5) is 0 Å². The lowest BCUT2D eigenvalue weighted by atomic mass is 10.0. The van der Waals surface area contributed by atoms with Crippen LogP contribution in [-0.2, 0) is 0 Å². The van der Waals surface area contributed by atoms with Crippen molar-refractivity contribution in [2.75, 3.05) is 0 Å². The molecule has 0 amide bonds. The van der Waals surface area contributed by atoms with E-state index in [-0.39, 0.29) is 0 Å². The zero-order valence-corrected chi connectivity index (χ0v) is 21.8. The number of para-hydroxylation sites is 3. The van der Waals surface area contributed by atoms with Gasteiger partial charge in [-0.3, -0.25) is 4.57 Å². The summed E-state index contributed by atoms with van der Waals surface area (Å²) in [6.07, 6.45) is 1.93. The molecule has 0 saturated heterocycles. The highest BCUT2D eigenvalue weighted by Crippen LogP contribution is 2.38. The minimum Gasteiger partial charge on any atom is -0.456 e. The van der Waals surface area contributed by atoms with E-state index in [1.807, 2.05) is 66.9 Å². The molecule has 0 N–H and O–H groups in total. The third-order valence-electron chi connectivity index (χ3n) is 7.87. The zero-order valence-electron chi connectivity index (χ0n) is 21.8. The molecular weight excluding hydrogens is 506 g/mol. The molecule has 0 unspecified atom stereocenters. The molecule has 0 spiro atoms. The summed E-state index contributed by atoms with van der Waals surface area (Å²) in [5, 5.41) is 4.25. The molecule has 0 radical (unpaired) electrons. The van der Waals surface area contributed by atoms with Gasteiger partial charge in [0, 0.05) is 38.9 Å². The topological polar surface area (TPSA) is 57.0 Å². The Hall–Kier alpha value is -5.68. The number of benzene rings is 5. The number of hydrogen-bond acceptors (Lipinski definition) is 4. The number of furan rings is 2. The van der Waals surface area contributed by atoms with Crippen LogP contribution in [0, 0.1) is 0 Å². The molecule has 0 aliphatic heterocycles. The molecule has 4 aromatic heterocycles. The van der Waals surface area contributed by atoms with E-state index >= 15 is 0 Å². The van der Waals surface area contributed by atoms with Gasteiger partial charge in [-0.05, 0) is 60.2 Å². The van der Waals surface area contributed by atoms with Crippen LogP contribution in [-0.4, -0.2) is 14.5 Å². The molecule has 41 heavy (non-hydrogen) atoms. The van der Waals surface area contributed by atoms with Crippen molar-refractivity contribution in [3.63, 3.8) is 0 Å². The minimum absolute atomic E-state index is 0.823. The summed E-state index contributed by atoms with van der Waals surface area (Å²) in [6, 6.07) is 41.2. The highest BCUT2D eigenvalue weighted by molar-refractivity contribution is 6.15. The maximum absolute atomic E-state index is 6.27. The largest absolute Gasteiger partial charge is 0.456 e. The number of fused-ring (bicyclic) bond motifs is 7. The molecule has 5 heteroatoms. The van der Waals surface area contributed by atoms with Gasteiger partial charge in [-0.1, -0.05) is 66.7 Å². The van der Waals surface area contributed by atoms with Gasteiger partial charge < -0.3 is 8.83 Å². The van der Waals surface area contributed by atoms with E-state index in [0.717, 1.165) is 83.2 Å². The molecule has 9 rings (SSSR count). The molecule has 9 aromatic rings. The van der Waals surface area contributed by atoms with E-state index in [4.69, 9.17) is 18.8 Å². The lowest BCUT2D eigenvalue weighted by molar-refractivity contribution is 0.664. The Labute approximate surface area is 233 Å². The Balaban J connectivity index is 1.16. The molecule has 4 heterocycles. The third-order valence-corrected chi connectivity index (χ3v) is 7.87. The van der Waals surface area contributed by atoms with E-state index in [9.17, 15) is 0 Å². The van der Waals surface area contributed by atoms with Gasteiger partial charge in [-0.25, -0.2) is 9.97 Å². The van der Waals surface area contributed by atoms with E-state index in [2.05, 4.69) is 65.2 Å². The van der Waals surface area contributed by atoms with Crippen LogP contribution in [0.5, 0.6) is 0 Å². The maximum atomic E-state index is 6.27. The van der Waals surface area contributed by atoms with Gasteiger partial charge in [0.05, 0.1) is 11.0 Å². The number of rotatable bonds is 3. The van der Waals surface area contributed by atoms with Crippen LogP contribution >= 0.6 is 0 Å². The molecule has 192 valence electrons. The first-order valence-corrected chi connectivity index (χ1v) is 13.6. The summed E-state index contributed by atoms with van der Waals surface area (Å²) in [5.74, 6) is 1.69. The molecular formula is C36H21N3O2. The van der Waals surface area contributed by atoms with Crippen molar-refractivity contribution >= 4 is 54.9 Å². The second-order valence-electron chi connectivity index (χ2n) is 10.3. The molecule has 5 aromatic carbocycles. The number of aromatic nitrogens is 3. The van der Waals surface area contributed by atoms with Gasteiger partial charge in [-0.15, -0.1) is 0 Å². The Morgan fingerprint density at radius 3 is 2.00 bits per heavy atom. The van der Waals surface area contributed by atoms with Crippen LogP contribution in [0.3, 0.4) is 0 Å². The monoisotopic (exact) mass is 527 g/mol. The Bertz CT molecular complexity index is 2410. The van der Waals surface area contributed by atoms with E-state index in [1.165, 1.54) is 0 Å². The summed E-state index contributed by atoms with van der Waals surface area (Å²) in [6.45, 7) is 0. The predicted molar refractivity (Wildman–Crippen MR) is 164 cm³/mol. The fourth-order valence-corrected chi connectivity index (χ4v) is 5.90. The van der Waals surface area contributed by atoms with Crippen LogP contribution < -0.4 is 0 Å². The Morgan fingerprint density at radius 1 is 0.488 bits per heavy atom. The van der Waals surface area contributed by atoms with Crippen molar-refractivity contribution in [1.82, 2.24) is 14.5 Å². The molecule has 0 saturated carbocycles. The van der Waals surface area contributed by atoms with Gasteiger partial charge in [0.25, 0.3) is 0 Å². The van der Waals surface area contributed by atoms with E-state index in [1.54, 1.807) is 0 Å². The average molecular weight is 528 g/mol. The van der Waals surface area contributed by atoms with Crippen LogP contribution in [0.2, 0.25) is 0 Å². The first-order chi connectivity index (χ1) is 20.3. The van der Waals surface area contributed by atoms with Crippen LogP contribution in [0.1, 0.15) is 0 Å². The molecule has 0 bridgehead atoms. The summed E-state index contributed by atoms with van der Waals surface area (Å²) < 4.78 is 14.5. The first kappa shape index (κ1) is 22.2. The van der Waals surface area contributed by atoms with Crippen molar-refractivity contribution in [2.45, 2.75) is 0 Å². The SMILES string of the molecule is c1ccc(-c2nc3ccccc3n2-c2ccc(-c3ccc4oc5cc6c(cc5c4c3)oc3ccccc36)cn2)cc1. The fourth-order valence-electron chi connectivity index (χ4n) is 5.90. The summed E-state index contributed by atoms with van der Waals surface area (Å²) in [5.41, 5.74) is 8.55. The first-order valence-electron chi connectivity index (χ1n) is 13.6. The van der Waals surface area contributed by atoms with Crippen molar-refractivity contribution < 1.29 is 8.83 Å². The second kappa shape index (κ2) is 8.41. The standard InChI is InChI=1S/C36H21N3O2/c1-2-8-22(9-3-1)36-38-29-11-5-6-12-30(29)39(36)35-17-15-24(21-37-35)23-14-16-32-26(18-23)28-20-33-27(19-34(28)41-32)25-10-4-7-13-31(25)40-33/h1-21H. The van der Waals surface area contributed by atoms with Crippen molar-refractivity contribution in [3.8, 4) is 28.3 Å². The number of nitrogens with zero attached hydrogens (tertiary/aromatic N) is 3. The molecule has 5 nitrogen and oxygen atoms in total. The minimum atomic E-state index is 0.823. The van der Waals surface area contributed by atoms with Gasteiger partial charge in [0.1, 0.15) is 34.0 Å². The molecule has 0 aliphatic carbocycles. The predicted octanol–water partition coefficient (Wildman–Crippen LogP) is 9.55. The third kappa shape index (κ3) is 3.36. The van der Waals surface area contributed by atoms with Crippen molar-refractivity contribution in [1.29, 1.82) is 0 Å². The lowest BCUT2D eigenvalue weighted by Crippen LogP contribution is -2.00. The van der Waals surface area contributed by atoms with Crippen LogP contribution in [0.15, 0.2) is 136 Å². The van der Waals surface area contributed by atoms with E-state index < -0.39 is 0 Å². The summed E-state index contributed by atoms with van der Waals surface area (Å²) in [7, 11) is 0. The van der Waals surface area contributed by atoms with Crippen LogP contribution in [0.25, 0.3) is 83.2 Å². The lowest BCUT2D eigenvalue weighted by Gasteiger charge is -2.10. The van der Waals surface area contributed by atoms with Gasteiger partial charge in [0.2, 0.25) is 0 Å². The molecule has 0 atom stereocenters. The number of pyridine rings is 1. The quantitative estimate of drug-likeness (QED) is 0.230. The van der Waals surface area contributed by atoms with Crippen molar-refractivity contribution in [3.05, 3.63) is 128 Å². The number of imidazole rings is 1. The number of hydrogen-bond donors (Lipinski definition) is 0. The summed E-state index contributed by atoms with van der Waals surface area (Å²) >= 11 is 0. The van der Waals surface area contributed by atoms with Gasteiger partial charge in [-0.2, -0.15) is 0 Å². The molecule has 0 aliphatic rings. The molecule has 0 fully saturated rings. The normalized spacial score (nSPS) is 11.9. The second-order valence-corrected chi connectivity index (χ2v) is 10.3. The van der Waals surface area contributed by atoms with Gasteiger partial charge in [0.15, 0.2) is 0 Å². The average Bonchev–Trinajstić information content (AvgIpc) is 3.71. The highest BCUT2D eigenvalue weighted by Gasteiger charge is 2.16. The van der Waals surface area contributed by atoms with Gasteiger partial charge >= 0.3 is 0 Å². The maximum Gasteiger partial charge on any atom is 0.146 e. The fraction of sp³-hybridized carbons (Fsp3) is 0. The van der Waals surface area contributed by atoms with Crippen molar-refractivity contribution in [2.24, 2.45) is 0 Å². The Kier molecular flexibility index (Phi) is 4.55. The smallest absolute Gasteiger partial charge is 0.146 e. The Morgan fingerprint density at radius 2 is 1.17 bits per heavy atom. The highest BCUT2D eigenvalue weighted by atomic mass is 16.3. The zero-order chi connectivity index (χ0) is 26.9. The van der Waals surface area contributed by atoms with E-state index in [0.29, 0.717) is 0 Å².